The highest BCUT2D eigenvalue weighted by Crippen LogP contribution is 2.28. The van der Waals surface area contributed by atoms with Gasteiger partial charge in [-0.1, -0.05) is 17.7 Å². The lowest BCUT2D eigenvalue weighted by atomic mass is 10.1. The minimum absolute atomic E-state index is 0.0269. The minimum atomic E-state index is -0.183. The van der Waals surface area contributed by atoms with Gasteiger partial charge in [0.15, 0.2) is 11.5 Å². The molecule has 2 heterocycles. The van der Waals surface area contributed by atoms with Crippen molar-refractivity contribution in [2.45, 2.75) is 32.7 Å². The van der Waals surface area contributed by atoms with E-state index < -0.39 is 0 Å². The highest BCUT2D eigenvalue weighted by Gasteiger charge is 2.24. The zero-order valence-corrected chi connectivity index (χ0v) is 24.3. The lowest BCUT2D eigenvalue weighted by Gasteiger charge is -2.29. The van der Waals surface area contributed by atoms with Crippen LogP contribution >= 0.6 is 11.6 Å². The number of benzene rings is 2. The number of hydrogen-bond donors (Lipinski definition) is 0. The van der Waals surface area contributed by atoms with Gasteiger partial charge in [-0.15, -0.1) is 0 Å². The van der Waals surface area contributed by atoms with E-state index in [4.69, 9.17) is 25.5 Å². The Hall–Kier alpha value is -3.49. The molecule has 3 aromatic rings. The Morgan fingerprint density at radius 1 is 0.925 bits per heavy atom. The predicted molar refractivity (Wildman–Crippen MR) is 155 cm³/mol. The summed E-state index contributed by atoms with van der Waals surface area (Å²) in [5.74, 6) is 2.45. The van der Waals surface area contributed by atoms with Crippen LogP contribution in [0, 0.1) is 6.92 Å². The van der Waals surface area contributed by atoms with E-state index in [1.54, 1.807) is 48.3 Å². The molecule has 9 heteroatoms. The van der Waals surface area contributed by atoms with Crippen molar-refractivity contribution in [2.24, 2.45) is 0 Å². The van der Waals surface area contributed by atoms with Gasteiger partial charge in [-0.05, 0) is 93.4 Å². The summed E-state index contributed by atoms with van der Waals surface area (Å²) in [6.07, 6.45) is 2.93. The number of likely N-dealkylation sites (tertiary alicyclic amines) is 1. The Morgan fingerprint density at radius 3 is 2.30 bits per heavy atom. The standard InChI is InChI=1S/C31H38ClN3O5/c1-23-6-12-27(40-23)21-34(17-14-24-7-13-28(38-2)29(20-24)39-3)30(36)22-35(19-18-33-15-4-5-16-33)31(37)25-8-10-26(32)11-9-25/h6-13,20H,4-5,14-19,21-22H2,1-3H3. The number of furan rings is 1. The van der Waals surface area contributed by atoms with Crippen LogP contribution in [0.4, 0.5) is 0 Å². The molecule has 0 spiro atoms. The van der Waals surface area contributed by atoms with Crippen LogP contribution in [-0.4, -0.2) is 80.0 Å². The van der Waals surface area contributed by atoms with E-state index in [-0.39, 0.29) is 18.4 Å². The number of nitrogens with zero attached hydrogens (tertiary/aromatic N) is 3. The van der Waals surface area contributed by atoms with Crippen LogP contribution in [0.15, 0.2) is 59.0 Å². The smallest absolute Gasteiger partial charge is 0.254 e. The summed E-state index contributed by atoms with van der Waals surface area (Å²) in [7, 11) is 3.20. The molecule has 214 valence electrons. The third-order valence-corrected chi connectivity index (χ3v) is 7.46. The third-order valence-electron chi connectivity index (χ3n) is 7.20. The quantitative estimate of drug-likeness (QED) is 0.287. The van der Waals surface area contributed by atoms with Gasteiger partial charge in [-0.2, -0.15) is 0 Å². The lowest BCUT2D eigenvalue weighted by Crippen LogP contribution is -2.45. The second-order valence-electron chi connectivity index (χ2n) is 10.0. The van der Waals surface area contributed by atoms with Crippen molar-refractivity contribution < 1.29 is 23.5 Å². The van der Waals surface area contributed by atoms with Gasteiger partial charge in [0.05, 0.1) is 20.8 Å². The van der Waals surface area contributed by atoms with Gasteiger partial charge in [-0.25, -0.2) is 0 Å². The molecule has 1 aliphatic heterocycles. The maximum Gasteiger partial charge on any atom is 0.254 e. The van der Waals surface area contributed by atoms with Crippen LogP contribution in [0.2, 0.25) is 5.02 Å². The van der Waals surface area contributed by atoms with Gasteiger partial charge in [0, 0.05) is 30.2 Å². The summed E-state index contributed by atoms with van der Waals surface area (Å²) in [6.45, 7) is 5.86. The van der Waals surface area contributed by atoms with Crippen LogP contribution < -0.4 is 9.47 Å². The summed E-state index contributed by atoms with van der Waals surface area (Å²) in [4.78, 5) is 33.1. The molecule has 0 atom stereocenters. The predicted octanol–water partition coefficient (Wildman–Crippen LogP) is 5.07. The van der Waals surface area contributed by atoms with Crippen LogP contribution in [0.3, 0.4) is 0 Å². The van der Waals surface area contributed by atoms with E-state index in [0.717, 1.165) is 43.8 Å². The molecule has 40 heavy (non-hydrogen) atoms. The van der Waals surface area contributed by atoms with E-state index in [1.807, 2.05) is 37.3 Å². The molecular formula is C31H38ClN3O5. The Labute approximate surface area is 241 Å². The summed E-state index contributed by atoms with van der Waals surface area (Å²) >= 11 is 6.05. The zero-order chi connectivity index (χ0) is 28.5. The highest BCUT2D eigenvalue weighted by molar-refractivity contribution is 6.30. The molecule has 0 aliphatic carbocycles. The molecule has 0 bridgehead atoms. The number of methoxy groups -OCH3 is 2. The molecule has 2 amide bonds. The first-order valence-corrected chi connectivity index (χ1v) is 14.0. The number of halogens is 1. The molecule has 1 aliphatic rings. The maximum absolute atomic E-state index is 13.8. The average Bonchev–Trinajstić information content (AvgIpc) is 3.64. The van der Waals surface area contributed by atoms with Crippen molar-refractivity contribution in [1.29, 1.82) is 0 Å². The number of hydrogen-bond acceptors (Lipinski definition) is 6. The molecule has 0 N–H and O–H groups in total. The van der Waals surface area contributed by atoms with Crippen LogP contribution in [0.25, 0.3) is 0 Å². The third kappa shape index (κ3) is 8.02. The first kappa shape index (κ1) is 29.5. The molecule has 1 saturated heterocycles. The summed E-state index contributed by atoms with van der Waals surface area (Å²) in [5.41, 5.74) is 1.52. The molecule has 2 aromatic carbocycles. The highest BCUT2D eigenvalue weighted by atomic mass is 35.5. The van der Waals surface area contributed by atoms with Crippen molar-refractivity contribution in [3.8, 4) is 11.5 Å². The summed E-state index contributed by atoms with van der Waals surface area (Å²) in [5, 5.41) is 0.561. The minimum Gasteiger partial charge on any atom is -0.493 e. The van der Waals surface area contributed by atoms with E-state index in [0.29, 0.717) is 53.9 Å². The molecular weight excluding hydrogens is 530 g/mol. The van der Waals surface area contributed by atoms with Gasteiger partial charge in [0.25, 0.3) is 5.91 Å². The molecule has 1 fully saturated rings. The number of carbonyl (C=O) groups is 2. The van der Waals surface area contributed by atoms with Crippen molar-refractivity contribution in [3.05, 3.63) is 82.3 Å². The number of ether oxygens (including phenoxy) is 2. The Morgan fingerprint density at radius 2 is 1.65 bits per heavy atom. The molecule has 0 saturated carbocycles. The molecule has 1 aromatic heterocycles. The Bertz CT molecular complexity index is 1270. The van der Waals surface area contributed by atoms with Crippen LogP contribution in [-0.2, 0) is 17.8 Å². The van der Waals surface area contributed by atoms with E-state index >= 15 is 0 Å². The first-order chi connectivity index (χ1) is 19.4. The van der Waals surface area contributed by atoms with Gasteiger partial charge >= 0.3 is 0 Å². The lowest BCUT2D eigenvalue weighted by molar-refractivity contribution is -0.132. The fourth-order valence-electron chi connectivity index (χ4n) is 4.91. The molecule has 8 nitrogen and oxygen atoms in total. The van der Waals surface area contributed by atoms with Crippen molar-refractivity contribution >= 4 is 23.4 Å². The number of rotatable bonds is 13. The molecule has 4 rings (SSSR count). The van der Waals surface area contributed by atoms with Gasteiger partial charge in [0.2, 0.25) is 5.91 Å². The van der Waals surface area contributed by atoms with Crippen LogP contribution in [0.5, 0.6) is 11.5 Å². The average molecular weight is 568 g/mol. The fraction of sp³-hybridized carbons (Fsp3) is 0.419. The molecule has 0 unspecified atom stereocenters. The largest absolute Gasteiger partial charge is 0.493 e. The van der Waals surface area contributed by atoms with E-state index in [2.05, 4.69) is 4.90 Å². The van der Waals surface area contributed by atoms with Gasteiger partial charge in [0.1, 0.15) is 18.1 Å². The second-order valence-corrected chi connectivity index (χ2v) is 10.5. The number of carbonyl (C=O) groups excluding carboxylic acids is 2. The van der Waals surface area contributed by atoms with Crippen LogP contribution in [0.1, 0.15) is 40.3 Å². The van der Waals surface area contributed by atoms with Gasteiger partial charge in [-0.3, -0.25) is 9.59 Å². The SMILES string of the molecule is COc1ccc(CCN(Cc2ccc(C)o2)C(=O)CN(CCN2CCCC2)C(=O)c2ccc(Cl)cc2)cc1OC. The monoisotopic (exact) mass is 567 g/mol. The summed E-state index contributed by atoms with van der Waals surface area (Å²) in [6, 6.07) is 16.3. The van der Waals surface area contributed by atoms with E-state index in [1.165, 1.54) is 0 Å². The van der Waals surface area contributed by atoms with Crippen molar-refractivity contribution in [1.82, 2.24) is 14.7 Å². The second kappa shape index (κ2) is 14.2. The van der Waals surface area contributed by atoms with Gasteiger partial charge < -0.3 is 28.6 Å². The van der Waals surface area contributed by atoms with Crippen molar-refractivity contribution in [2.75, 3.05) is 53.5 Å². The maximum atomic E-state index is 13.8. The fourth-order valence-corrected chi connectivity index (χ4v) is 5.04. The number of aryl methyl sites for hydroxylation is 1. The topological polar surface area (TPSA) is 75.5 Å². The van der Waals surface area contributed by atoms with E-state index in [9.17, 15) is 9.59 Å². The first-order valence-electron chi connectivity index (χ1n) is 13.7. The normalized spacial score (nSPS) is 13.3. The summed E-state index contributed by atoms with van der Waals surface area (Å²) < 4.78 is 16.6. The Balaban J connectivity index is 1.51. The molecule has 0 radical (unpaired) electrons. The zero-order valence-electron chi connectivity index (χ0n) is 23.5. The number of amides is 2. The van der Waals surface area contributed by atoms with Crippen molar-refractivity contribution in [3.63, 3.8) is 0 Å². The Kier molecular flexibility index (Phi) is 10.5.